The zero-order chi connectivity index (χ0) is 10.7. The van der Waals surface area contributed by atoms with Crippen molar-refractivity contribution >= 4 is 36.4 Å². The van der Waals surface area contributed by atoms with Gasteiger partial charge >= 0.3 is 0 Å². The number of pyridine rings is 1. The van der Waals surface area contributed by atoms with Gasteiger partial charge in [-0.25, -0.2) is 0 Å². The van der Waals surface area contributed by atoms with Crippen LogP contribution in [0.2, 0.25) is 5.02 Å². The summed E-state index contributed by atoms with van der Waals surface area (Å²) in [6.45, 7) is 0. The lowest BCUT2D eigenvalue weighted by Gasteiger charge is -2.11. The fourth-order valence-corrected chi connectivity index (χ4v) is 1.55. The molecule has 0 spiro atoms. The van der Waals surface area contributed by atoms with Gasteiger partial charge in [-0.2, -0.15) is 0 Å². The molecular weight excluding hydrogens is 279 g/mol. The third-order valence-electron chi connectivity index (χ3n) is 2.27. The average molecular weight is 292 g/mol. The number of nitrogens with zero attached hydrogens (tertiary/aromatic N) is 1. The van der Waals surface area contributed by atoms with E-state index in [9.17, 15) is 0 Å². The second-order valence-electron chi connectivity index (χ2n) is 3.32. The maximum Gasteiger partial charge on any atom is 0.0566 e. The van der Waals surface area contributed by atoms with Crippen LogP contribution in [0.1, 0.15) is 17.2 Å². The summed E-state index contributed by atoms with van der Waals surface area (Å²) in [5, 5.41) is 0.720. The lowest BCUT2D eigenvalue weighted by atomic mass is 10.0. The minimum Gasteiger partial charge on any atom is -0.320 e. The predicted molar refractivity (Wildman–Crippen MR) is 76.2 cm³/mol. The first kappa shape index (κ1) is 16.2. The van der Waals surface area contributed by atoms with Gasteiger partial charge in [-0.05, 0) is 29.3 Å². The normalized spacial score (nSPS) is 10.9. The lowest BCUT2D eigenvalue weighted by molar-refractivity contribution is 0.863. The van der Waals surface area contributed by atoms with Crippen LogP contribution in [0.15, 0.2) is 48.8 Å². The molecule has 1 aromatic heterocycles. The van der Waals surface area contributed by atoms with Crippen LogP contribution in [0.25, 0.3) is 0 Å². The second-order valence-corrected chi connectivity index (χ2v) is 3.75. The number of aromatic nitrogens is 1. The molecule has 0 saturated heterocycles. The summed E-state index contributed by atoms with van der Waals surface area (Å²) in [4.78, 5) is 4.04. The van der Waals surface area contributed by atoms with Crippen molar-refractivity contribution in [2.75, 3.05) is 0 Å². The molecule has 92 valence electrons. The van der Waals surface area contributed by atoms with E-state index in [1.807, 2.05) is 36.4 Å². The number of nitrogens with two attached hydrogens (primary N) is 1. The van der Waals surface area contributed by atoms with Crippen molar-refractivity contribution in [1.29, 1.82) is 0 Å². The van der Waals surface area contributed by atoms with Crippen LogP contribution in [-0.4, -0.2) is 4.98 Å². The van der Waals surface area contributed by atoms with E-state index in [0.29, 0.717) is 0 Å². The van der Waals surface area contributed by atoms with Crippen LogP contribution in [0.5, 0.6) is 0 Å². The molecule has 0 radical (unpaired) electrons. The molecule has 0 aliphatic heterocycles. The molecule has 0 aliphatic carbocycles. The van der Waals surface area contributed by atoms with Crippen molar-refractivity contribution in [3.63, 3.8) is 0 Å². The Hall–Kier alpha value is -0.800. The SMILES string of the molecule is Cl.Cl.NC(c1ccc(Cl)cc1)c1cccnc1. The third-order valence-corrected chi connectivity index (χ3v) is 2.52. The zero-order valence-electron chi connectivity index (χ0n) is 8.92. The number of hydrogen-bond donors (Lipinski definition) is 1. The van der Waals surface area contributed by atoms with E-state index >= 15 is 0 Å². The molecule has 0 bridgehead atoms. The van der Waals surface area contributed by atoms with Gasteiger partial charge in [0.2, 0.25) is 0 Å². The Bertz CT molecular complexity index is 431. The fourth-order valence-electron chi connectivity index (χ4n) is 1.42. The molecule has 0 saturated carbocycles. The van der Waals surface area contributed by atoms with Gasteiger partial charge in [-0.3, -0.25) is 4.98 Å². The molecule has 1 unspecified atom stereocenters. The zero-order valence-corrected chi connectivity index (χ0v) is 11.3. The molecule has 2 nitrogen and oxygen atoms in total. The first-order valence-electron chi connectivity index (χ1n) is 4.68. The van der Waals surface area contributed by atoms with Crippen molar-refractivity contribution in [1.82, 2.24) is 4.98 Å². The summed E-state index contributed by atoms with van der Waals surface area (Å²) in [7, 11) is 0. The van der Waals surface area contributed by atoms with Gasteiger partial charge in [-0.15, -0.1) is 24.8 Å². The standard InChI is InChI=1S/C12H11ClN2.2ClH/c13-11-5-3-9(4-6-11)12(14)10-2-1-7-15-8-10;;/h1-8,12H,14H2;2*1H. The van der Waals surface area contributed by atoms with Gasteiger partial charge in [0.1, 0.15) is 0 Å². The Morgan fingerprint density at radius 3 is 2.18 bits per heavy atom. The Morgan fingerprint density at radius 2 is 1.65 bits per heavy atom. The van der Waals surface area contributed by atoms with Gasteiger partial charge in [0.05, 0.1) is 6.04 Å². The number of rotatable bonds is 2. The summed E-state index contributed by atoms with van der Waals surface area (Å²) in [5.41, 5.74) is 8.12. The van der Waals surface area contributed by atoms with Crippen molar-refractivity contribution in [2.45, 2.75) is 6.04 Å². The molecule has 1 atom stereocenters. The molecule has 0 aliphatic rings. The highest BCUT2D eigenvalue weighted by Crippen LogP contribution is 2.20. The minimum absolute atomic E-state index is 0. The van der Waals surface area contributed by atoms with Crippen LogP contribution < -0.4 is 5.73 Å². The third kappa shape index (κ3) is 4.17. The first-order chi connectivity index (χ1) is 7.27. The van der Waals surface area contributed by atoms with Crippen LogP contribution in [0.3, 0.4) is 0 Å². The summed E-state index contributed by atoms with van der Waals surface area (Å²) in [5.74, 6) is 0. The number of hydrogen-bond acceptors (Lipinski definition) is 2. The fraction of sp³-hybridized carbons (Fsp3) is 0.0833. The Labute approximate surface area is 118 Å². The van der Waals surface area contributed by atoms with Crippen LogP contribution in [-0.2, 0) is 0 Å². The van der Waals surface area contributed by atoms with E-state index in [1.165, 1.54) is 0 Å². The van der Waals surface area contributed by atoms with Crippen molar-refractivity contribution in [3.8, 4) is 0 Å². The summed E-state index contributed by atoms with van der Waals surface area (Å²) >= 11 is 5.81. The number of benzene rings is 1. The Morgan fingerprint density at radius 1 is 1.00 bits per heavy atom. The van der Waals surface area contributed by atoms with Gasteiger partial charge in [0.15, 0.2) is 0 Å². The van der Waals surface area contributed by atoms with Gasteiger partial charge < -0.3 is 5.73 Å². The van der Waals surface area contributed by atoms with E-state index in [-0.39, 0.29) is 30.9 Å². The largest absolute Gasteiger partial charge is 0.320 e. The molecule has 2 N–H and O–H groups in total. The molecule has 5 heteroatoms. The smallest absolute Gasteiger partial charge is 0.0566 e. The highest BCUT2D eigenvalue weighted by Gasteiger charge is 2.07. The minimum atomic E-state index is -0.143. The van der Waals surface area contributed by atoms with Crippen molar-refractivity contribution < 1.29 is 0 Å². The molecular formula is C12H13Cl3N2. The first-order valence-corrected chi connectivity index (χ1v) is 5.06. The highest BCUT2D eigenvalue weighted by atomic mass is 35.5. The van der Waals surface area contributed by atoms with Crippen LogP contribution in [0.4, 0.5) is 0 Å². The predicted octanol–water partition coefficient (Wildman–Crippen LogP) is 3.63. The molecule has 2 rings (SSSR count). The van der Waals surface area contributed by atoms with Gasteiger partial charge in [0, 0.05) is 17.4 Å². The van der Waals surface area contributed by atoms with E-state index < -0.39 is 0 Å². The molecule has 1 heterocycles. The maximum atomic E-state index is 6.08. The summed E-state index contributed by atoms with van der Waals surface area (Å²) < 4.78 is 0. The molecule has 0 amide bonds. The maximum absolute atomic E-state index is 6.08. The Kier molecular flexibility index (Phi) is 7.16. The van der Waals surface area contributed by atoms with E-state index in [0.717, 1.165) is 16.1 Å². The van der Waals surface area contributed by atoms with Gasteiger partial charge in [-0.1, -0.05) is 29.8 Å². The van der Waals surface area contributed by atoms with Crippen molar-refractivity contribution in [2.24, 2.45) is 5.73 Å². The average Bonchev–Trinajstić information content (AvgIpc) is 2.30. The quantitative estimate of drug-likeness (QED) is 0.917. The van der Waals surface area contributed by atoms with Gasteiger partial charge in [0.25, 0.3) is 0 Å². The van der Waals surface area contributed by atoms with E-state index in [4.69, 9.17) is 17.3 Å². The highest BCUT2D eigenvalue weighted by molar-refractivity contribution is 6.30. The molecule has 0 fully saturated rings. The lowest BCUT2D eigenvalue weighted by Crippen LogP contribution is -2.11. The summed E-state index contributed by atoms with van der Waals surface area (Å²) in [6, 6.07) is 11.2. The van der Waals surface area contributed by atoms with Crippen LogP contribution >= 0.6 is 36.4 Å². The van der Waals surface area contributed by atoms with E-state index in [2.05, 4.69) is 4.98 Å². The van der Waals surface area contributed by atoms with Crippen LogP contribution in [0, 0.1) is 0 Å². The second kappa shape index (κ2) is 7.51. The summed E-state index contributed by atoms with van der Waals surface area (Å²) in [6.07, 6.45) is 3.51. The molecule has 1 aromatic carbocycles. The topological polar surface area (TPSA) is 38.9 Å². The Balaban J connectivity index is 0.00000128. The number of halogens is 3. The monoisotopic (exact) mass is 290 g/mol. The molecule has 2 aromatic rings. The van der Waals surface area contributed by atoms with Crippen molar-refractivity contribution in [3.05, 3.63) is 64.9 Å². The van der Waals surface area contributed by atoms with E-state index in [1.54, 1.807) is 12.4 Å². The molecule has 17 heavy (non-hydrogen) atoms.